The number of rotatable bonds is 1. The number of pyridine rings is 1. The summed E-state index contributed by atoms with van der Waals surface area (Å²) in [5, 5.41) is 1.76. The summed E-state index contributed by atoms with van der Waals surface area (Å²) in [7, 11) is 0. The molecule has 31 heavy (non-hydrogen) atoms. The van der Waals surface area contributed by atoms with Crippen LogP contribution in [0, 0.1) is 60.0 Å². The van der Waals surface area contributed by atoms with Gasteiger partial charge in [-0.1, -0.05) is 6.92 Å². The van der Waals surface area contributed by atoms with Crippen LogP contribution < -0.4 is 0 Å². The van der Waals surface area contributed by atoms with Crippen molar-refractivity contribution >= 4 is 10.8 Å². The van der Waals surface area contributed by atoms with E-state index in [9.17, 15) is 0 Å². The van der Waals surface area contributed by atoms with E-state index < -0.39 is 0 Å². The van der Waals surface area contributed by atoms with Crippen molar-refractivity contribution in [2.75, 3.05) is 0 Å². The van der Waals surface area contributed by atoms with Crippen molar-refractivity contribution in [2.24, 2.45) is 0 Å². The molecule has 0 aliphatic carbocycles. The van der Waals surface area contributed by atoms with Gasteiger partial charge in [-0.05, 0) is 0 Å². The zero-order chi connectivity index (χ0) is 10.1. The van der Waals surface area contributed by atoms with Crippen LogP contribution in [0.15, 0.2) is 0 Å². The Morgan fingerprint density at radius 1 is 0.581 bits per heavy atom. The SMILES string of the molecule is [CH2-]Cc1[c-]c2[c-]c(C)c(C)[c-]c2[c-]n1.[CH3-].[CH3-].[Ir+3].[V].[V].[V].[V].[V].[V].[V].[V].[V].[V].[V].[V].[V].[V]. The summed E-state index contributed by atoms with van der Waals surface area (Å²) < 4.78 is 0. The van der Waals surface area contributed by atoms with Crippen LogP contribution in [0.1, 0.15) is 16.8 Å². The number of aromatic nitrogens is 1. The van der Waals surface area contributed by atoms with E-state index in [1.165, 1.54) is 0 Å². The smallest absolute Gasteiger partial charge is 0.565 e. The maximum absolute atomic E-state index is 4.10. The third-order valence-electron chi connectivity index (χ3n) is 2.25. The molecule has 0 atom stereocenters. The Balaban J connectivity index is -0.00000000945. The molecule has 1 aromatic carbocycles. The van der Waals surface area contributed by atoms with Gasteiger partial charge in [0, 0.05) is 260 Å². The molecule has 0 amide bonds. The van der Waals surface area contributed by atoms with Crippen LogP contribution >= 0.6 is 0 Å². The van der Waals surface area contributed by atoms with Crippen LogP contribution in [0.2, 0.25) is 0 Å². The van der Waals surface area contributed by atoms with Crippen LogP contribution in [0.3, 0.4) is 0 Å². The molecule has 0 N–H and O–H groups in total. The van der Waals surface area contributed by atoms with Gasteiger partial charge >= 0.3 is 20.1 Å². The third-order valence-corrected chi connectivity index (χ3v) is 2.25. The van der Waals surface area contributed by atoms with Crippen LogP contribution in [0.4, 0.5) is 0 Å². The molecule has 14 radical (unpaired) electrons. The summed E-state index contributed by atoms with van der Waals surface area (Å²) in [6.45, 7) is 7.79. The maximum Gasteiger partial charge on any atom is 3.00 e. The molecule has 164 valence electrons. The minimum absolute atomic E-state index is 0. The van der Waals surface area contributed by atoms with E-state index in [0.29, 0.717) is 6.42 Å². The van der Waals surface area contributed by atoms with Gasteiger partial charge in [-0.3, -0.25) is 11.8 Å². The van der Waals surface area contributed by atoms with E-state index in [2.05, 4.69) is 36.3 Å². The maximum atomic E-state index is 4.10. The van der Waals surface area contributed by atoms with Crippen molar-refractivity contribution in [3.63, 3.8) is 0 Å². The zero-order valence-corrected chi connectivity index (χ0v) is 38.9. The third kappa shape index (κ3) is 39.7. The molecule has 0 saturated carbocycles. The molecule has 0 bridgehead atoms. The zero-order valence-electron chi connectivity index (χ0n) is 17.0. The van der Waals surface area contributed by atoms with Crippen molar-refractivity contribution < 1.29 is 280 Å². The Morgan fingerprint density at radius 2 is 0.871 bits per heavy atom. The minimum Gasteiger partial charge on any atom is -0.565 e. The summed E-state index contributed by atoms with van der Waals surface area (Å²) in [5.41, 5.74) is 3.01. The minimum atomic E-state index is 0. The largest absolute Gasteiger partial charge is 3.00 e. The van der Waals surface area contributed by atoms with Gasteiger partial charge in [0.15, 0.2) is 0 Å². The van der Waals surface area contributed by atoms with Gasteiger partial charge < -0.3 is 61.3 Å². The van der Waals surface area contributed by atoms with E-state index in [4.69, 9.17) is 0 Å². The molecule has 1 aromatic heterocycles. The molecule has 16 heteroatoms. The van der Waals surface area contributed by atoms with Crippen LogP contribution in [0.5, 0.6) is 0 Å². The molecule has 0 aliphatic rings. The molecule has 2 aromatic rings. The fourth-order valence-corrected chi connectivity index (χ4v) is 1.28. The van der Waals surface area contributed by atoms with Gasteiger partial charge in [-0.25, -0.2) is 0 Å². The first-order valence-electron chi connectivity index (χ1n) is 4.55. The van der Waals surface area contributed by atoms with E-state index in [0.717, 1.165) is 27.6 Å². The summed E-state index contributed by atoms with van der Waals surface area (Å²) in [6.07, 6.45) is 3.56. The monoisotopic (exact) mass is 1120 g/mol. The Labute approximate surface area is 371 Å². The quantitative estimate of drug-likeness (QED) is 0.401. The summed E-state index contributed by atoms with van der Waals surface area (Å²) in [5.74, 6) is 0. The first-order chi connectivity index (χ1) is 6.70. The van der Waals surface area contributed by atoms with E-state index in [-0.39, 0.29) is 295 Å². The molecular weight excluding hydrogens is 1100 g/mol. The van der Waals surface area contributed by atoms with Crippen molar-refractivity contribution in [3.8, 4) is 0 Å². The second-order valence-electron chi connectivity index (χ2n) is 3.30. The molecule has 0 aliphatic heterocycles. The van der Waals surface area contributed by atoms with Gasteiger partial charge in [0.2, 0.25) is 0 Å². The normalized spacial score (nSPS) is 4.87. The van der Waals surface area contributed by atoms with E-state index in [1.54, 1.807) is 0 Å². The van der Waals surface area contributed by atoms with Crippen LogP contribution in [-0.2, 0) is 286 Å². The summed E-state index contributed by atoms with van der Waals surface area (Å²) in [6, 6.07) is 9.61. The van der Waals surface area contributed by atoms with Gasteiger partial charge in [0.05, 0.1) is 0 Å². The molecular formula is C15H16IrNV14-4. The second-order valence-corrected chi connectivity index (χ2v) is 3.30. The van der Waals surface area contributed by atoms with Crippen LogP contribution in [0.25, 0.3) is 10.8 Å². The number of aryl methyl sites for hydroxylation is 2. The van der Waals surface area contributed by atoms with Crippen molar-refractivity contribution in [2.45, 2.75) is 20.3 Å². The van der Waals surface area contributed by atoms with Crippen molar-refractivity contribution in [3.05, 3.63) is 63.0 Å². The summed E-state index contributed by atoms with van der Waals surface area (Å²) in [4.78, 5) is 4.10. The number of hydrogen-bond acceptors (Lipinski definition) is 1. The molecule has 0 spiro atoms. The predicted molar refractivity (Wildman–Crippen MR) is 68.5 cm³/mol. The van der Waals surface area contributed by atoms with Crippen LogP contribution in [-0.4, -0.2) is 4.98 Å². The van der Waals surface area contributed by atoms with E-state index in [1.807, 2.05) is 13.8 Å². The van der Waals surface area contributed by atoms with E-state index >= 15 is 0 Å². The van der Waals surface area contributed by atoms with Gasteiger partial charge in [-0.15, -0.1) is 6.92 Å². The fraction of sp³-hybridized carbons (Fsp3) is 0.200. The molecule has 0 fully saturated rings. The molecule has 1 heterocycles. The molecule has 0 saturated heterocycles. The Morgan fingerprint density at radius 3 is 1.16 bits per heavy atom. The molecule has 0 unspecified atom stereocenters. The first-order valence-corrected chi connectivity index (χ1v) is 4.55. The number of benzene rings is 1. The van der Waals surface area contributed by atoms with Gasteiger partial charge in [0.1, 0.15) is 0 Å². The Kier molecular flexibility index (Phi) is 212. The van der Waals surface area contributed by atoms with Gasteiger partial charge in [0.25, 0.3) is 0 Å². The average molecular weight is 1120 g/mol. The van der Waals surface area contributed by atoms with Crippen molar-refractivity contribution in [1.29, 1.82) is 0 Å². The number of fused-ring (bicyclic) bond motifs is 1. The Bertz CT molecular complexity index is 508. The second kappa shape index (κ2) is 61.5. The Hall–Kier alpha value is 7.46. The topological polar surface area (TPSA) is 12.9 Å². The number of nitrogens with zero attached hydrogens (tertiary/aromatic N) is 1. The molecule has 2 rings (SSSR count). The fourth-order valence-electron chi connectivity index (χ4n) is 1.28. The van der Waals surface area contributed by atoms with Crippen molar-refractivity contribution in [1.82, 2.24) is 4.98 Å². The number of hydrogen-bond donors (Lipinski definition) is 0. The molecule has 1 nitrogen and oxygen atoms in total. The summed E-state index contributed by atoms with van der Waals surface area (Å²) >= 11 is 0. The van der Waals surface area contributed by atoms with Gasteiger partial charge in [-0.2, -0.15) is 12.1 Å². The first kappa shape index (κ1) is 107. The average Bonchev–Trinajstić information content (AvgIpc) is 2.19. The predicted octanol–water partition coefficient (Wildman–Crippen LogP) is 3.29. The standard InChI is InChI=1S/C13H10N.2CH3.Ir.14V/c1-4-13-7-11-5-9(2)10(3)6-12(11)8-14-13;;;;;;;;;;;;;;;;;/h1,4H2,2-3H3;2*1H3;;;;;;;;;;;;;;;/q-5;2*-1;+3;;;;;;;;;;;;;;.